The highest BCUT2D eigenvalue weighted by Crippen LogP contribution is 2.22. The fourth-order valence-electron chi connectivity index (χ4n) is 1.91. The lowest BCUT2D eigenvalue weighted by Crippen LogP contribution is -2.51. The van der Waals surface area contributed by atoms with E-state index in [0.29, 0.717) is 0 Å². The molecule has 0 spiro atoms. The zero-order valence-electron chi connectivity index (χ0n) is 11.5. The van der Waals surface area contributed by atoms with Crippen molar-refractivity contribution < 1.29 is 0 Å². The number of aliphatic imine (C=N–C) groups is 2. The number of rotatable bonds is 1. The summed E-state index contributed by atoms with van der Waals surface area (Å²) in [5.74, 6) is 1.85. The third-order valence-corrected chi connectivity index (χ3v) is 3.69. The van der Waals surface area contributed by atoms with Crippen LogP contribution in [0.4, 0.5) is 5.00 Å². The van der Waals surface area contributed by atoms with Crippen molar-refractivity contribution >= 4 is 28.3 Å². The summed E-state index contributed by atoms with van der Waals surface area (Å²) in [6.45, 7) is 2.00. The Kier molecular flexibility index (Phi) is 3.56. The zero-order valence-corrected chi connectivity index (χ0v) is 12.3. The molecule has 1 aromatic rings. The minimum absolute atomic E-state index is 0.0454. The summed E-state index contributed by atoms with van der Waals surface area (Å²) in [6, 6.07) is 4.14. The van der Waals surface area contributed by atoms with Gasteiger partial charge in [0.25, 0.3) is 0 Å². The molecule has 0 saturated heterocycles. The number of thiophene rings is 1. The summed E-state index contributed by atoms with van der Waals surface area (Å²) in [7, 11) is 8.02. The molecule has 1 aliphatic rings. The third-order valence-electron chi connectivity index (χ3n) is 2.74. The minimum Gasteiger partial charge on any atom is -0.349 e. The molecule has 0 saturated carbocycles. The number of nitrogens with zero attached hydrogens (tertiary/aromatic N) is 5. The van der Waals surface area contributed by atoms with E-state index in [2.05, 4.69) is 26.3 Å². The third kappa shape index (κ3) is 2.33. The van der Waals surface area contributed by atoms with Gasteiger partial charge in [-0.3, -0.25) is 4.90 Å². The highest BCUT2D eigenvalue weighted by atomic mass is 32.1. The quantitative estimate of drug-likeness (QED) is 0.776. The van der Waals surface area contributed by atoms with Crippen molar-refractivity contribution in [1.82, 2.24) is 9.80 Å². The molecule has 0 fully saturated rings. The van der Waals surface area contributed by atoms with Gasteiger partial charge in [0.2, 0.25) is 11.9 Å². The summed E-state index contributed by atoms with van der Waals surface area (Å²) in [5, 5.41) is 3.24. The van der Waals surface area contributed by atoms with Crippen LogP contribution in [0.2, 0.25) is 0 Å². The molecular formula is C12H19N5S. The average molecular weight is 265 g/mol. The summed E-state index contributed by atoms with van der Waals surface area (Å²) >= 11 is 1.70. The molecule has 0 amide bonds. The summed E-state index contributed by atoms with van der Waals surface area (Å²) in [6.07, 6.45) is -0.0454. The van der Waals surface area contributed by atoms with E-state index in [9.17, 15) is 0 Å². The minimum atomic E-state index is -0.0454. The van der Waals surface area contributed by atoms with Gasteiger partial charge in [-0.05, 0) is 24.4 Å². The van der Waals surface area contributed by atoms with Crippen LogP contribution in [0.25, 0.3) is 0 Å². The summed E-state index contributed by atoms with van der Waals surface area (Å²) < 4.78 is 0. The standard InChI is InChI=1S/C12H19N5S/c1-9-13-11(15(2)3)17(5)12(14-9)16(4)10-7-6-8-18-10/h6-9H,1-5H3. The molecule has 6 heteroatoms. The highest BCUT2D eigenvalue weighted by molar-refractivity contribution is 7.14. The van der Waals surface area contributed by atoms with Gasteiger partial charge in [0.1, 0.15) is 6.17 Å². The van der Waals surface area contributed by atoms with Gasteiger partial charge in [-0.15, -0.1) is 11.3 Å². The molecule has 1 atom stereocenters. The van der Waals surface area contributed by atoms with E-state index in [0.717, 1.165) is 11.9 Å². The second-order valence-corrected chi connectivity index (χ2v) is 5.38. The SMILES string of the molecule is CC1N=C(N(C)C)N(C)C(N(C)c2cccs2)=N1. The maximum atomic E-state index is 4.61. The highest BCUT2D eigenvalue weighted by Gasteiger charge is 2.25. The van der Waals surface area contributed by atoms with Crippen molar-refractivity contribution in [1.29, 1.82) is 0 Å². The van der Waals surface area contributed by atoms with Crippen LogP contribution >= 0.6 is 11.3 Å². The largest absolute Gasteiger partial charge is 0.349 e. The number of guanidine groups is 2. The number of anilines is 1. The Labute approximate surface area is 112 Å². The Morgan fingerprint density at radius 2 is 1.89 bits per heavy atom. The smallest absolute Gasteiger partial charge is 0.210 e. The molecule has 5 nitrogen and oxygen atoms in total. The van der Waals surface area contributed by atoms with E-state index < -0.39 is 0 Å². The fourth-order valence-corrected chi connectivity index (χ4v) is 2.61. The fraction of sp³-hybridized carbons (Fsp3) is 0.500. The molecule has 0 radical (unpaired) electrons. The molecule has 98 valence electrons. The van der Waals surface area contributed by atoms with E-state index in [1.165, 1.54) is 5.00 Å². The Hall–Kier alpha value is -1.56. The van der Waals surface area contributed by atoms with Gasteiger partial charge in [-0.25, -0.2) is 9.98 Å². The Morgan fingerprint density at radius 1 is 1.22 bits per heavy atom. The van der Waals surface area contributed by atoms with E-state index >= 15 is 0 Å². The molecule has 0 aromatic carbocycles. The van der Waals surface area contributed by atoms with Crippen LogP contribution in [0.1, 0.15) is 6.92 Å². The van der Waals surface area contributed by atoms with E-state index in [4.69, 9.17) is 0 Å². The van der Waals surface area contributed by atoms with Crippen LogP contribution in [-0.2, 0) is 0 Å². The normalized spacial score (nSPS) is 19.4. The first-order chi connectivity index (χ1) is 8.50. The van der Waals surface area contributed by atoms with Crippen LogP contribution in [0.15, 0.2) is 27.5 Å². The summed E-state index contributed by atoms with van der Waals surface area (Å²) in [4.78, 5) is 15.3. The molecule has 1 aliphatic heterocycles. The van der Waals surface area contributed by atoms with Gasteiger partial charge in [-0.2, -0.15) is 0 Å². The number of hydrogen-bond acceptors (Lipinski definition) is 6. The van der Waals surface area contributed by atoms with Crippen molar-refractivity contribution in [2.75, 3.05) is 33.1 Å². The maximum absolute atomic E-state index is 4.61. The molecular weight excluding hydrogens is 246 g/mol. The molecule has 2 rings (SSSR count). The first-order valence-corrected chi connectivity index (χ1v) is 6.72. The molecule has 18 heavy (non-hydrogen) atoms. The first-order valence-electron chi connectivity index (χ1n) is 5.84. The van der Waals surface area contributed by atoms with Crippen molar-refractivity contribution in [3.63, 3.8) is 0 Å². The number of hydrogen-bond donors (Lipinski definition) is 0. The monoisotopic (exact) mass is 265 g/mol. The molecule has 2 heterocycles. The molecule has 0 N–H and O–H groups in total. The van der Waals surface area contributed by atoms with Gasteiger partial charge >= 0.3 is 0 Å². The van der Waals surface area contributed by atoms with Crippen molar-refractivity contribution in [3.8, 4) is 0 Å². The van der Waals surface area contributed by atoms with Gasteiger partial charge in [-0.1, -0.05) is 0 Å². The van der Waals surface area contributed by atoms with E-state index in [-0.39, 0.29) is 6.17 Å². The zero-order chi connectivity index (χ0) is 13.3. The lowest BCUT2D eigenvalue weighted by Gasteiger charge is -2.35. The van der Waals surface area contributed by atoms with Gasteiger partial charge in [0.05, 0.1) is 5.00 Å². The van der Waals surface area contributed by atoms with Crippen molar-refractivity contribution in [3.05, 3.63) is 17.5 Å². The Morgan fingerprint density at radius 3 is 2.44 bits per heavy atom. The Balaban J connectivity index is 2.28. The van der Waals surface area contributed by atoms with Gasteiger partial charge < -0.3 is 9.80 Å². The molecule has 0 aliphatic carbocycles. The van der Waals surface area contributed by atoms with Crippen LogP contribution < -0.4 is 4.90 Å². The maximum Gasteiger partial charge on any atom is 0.210 e. The topological polar surface area (TPSA) is 34.4 Å². The first kappa shape index (κ1) is 12.9. The van der Waals surface area contributed by atoms with Crippen LogP contribution in [0.5, 0.6) is 0 Å². The van der Waals surface area contributed by atoms with Crippen LogP contribution in [0.3, 0.4) is 0 Å². The van der Waals surface area contributed by atoms with Crippen LogP contribution in [-0.4, -0.2) is 56.1 Å². The summed E-state index contributed by atoms with van der Waals surface area (Å²) in [5.41, 5.74) is 0. The second kappa shape index (κ2) is 4.97. The Bertz CT molecular complexity index is 463. The molecule has 0 bridgehead atoms. The predicted octanol–water partition coefficient (Wildman–Crippen LogP) is 1.75. The van der Waals surface area contributed by atoms with Crippen molar-refractivity contribution in [2.24, 2.45) is 9.98 Å². The van der Waals surface area contributed by atoms with E-state index in [1.807, 2.05) is 51.0 Å². The lowest BCUT2D eigenvalue weighted by molar-refractivity contribution is 0.499. The van der Waals surface area contributed by atoms with Gasteiger partial charge in [0.15, 0.2) is 0 Å². The lowest BCUT2D eigenvalue weighted by atomic mass is 10.5. The van der Waals surface area contributed by atoms with E-state index in [1.54, 1.807) is 11.3 Å². The average Bonchev–Trinajstić information content (AvgIpc) is 2.84. The van der Waals surface area contributed by atoms with Crippen molar-refractivity contribution in [2.45, 2.75) is 13.1 Å². The van der Waals surface area contributed by atoms with Gasteiger partial charge in [0, 0.05) is 28.2 Å². The predicted molar refractivity (Wildman–Crippen MR) is 78.5 cm³/mol. The second-order valence-electron chi connectivity index (χ2n) is 4.45. The molecule has 1 aromatic heterocycles. The molecule has 1 unspecified atom stereocenters. The van der Waals surface area contributed by atoms with Crippen LogP contribution in [0, 0.1) is 0 Å².